The molecule has 0 spiro atoms. The third-order valence-corrected chi connectivity index (χ3v) is 3.76. The summed E-state index contributed by atoms with van der Waals surface area (Å²) in [6, 6.07) is 11.9. The van der Waals surface area contributed by atoms with Gasteiger partial charge in [-0.15, -0.1) is 0 Å². The summed E-state index contributed by atoms with van der Waals surface area (Å²) < 4.78 is 24.4. The number of hydrogen-bond donors (Lipinski definition) is 1. The van der Waals surface area contributed by atoms with Crippen molar-refractivity contribution in [3.05, 3.63) is 64.4 Å². The number of amides is 1. The van der Waals surface area contributed by atoms with E-state index in [0.717, 1.165) is 4.47 Å². The first kappa shape index (κ1) is 18.9. The highest BCUT2D eigenvalue weighted by Crippen LogP contribution is 2.15. The summed E-state index contributed by atoms with van der Waals surface area (Å²) >= 11 is 3.28. The molecule has 2 rings (SSSR count). The van der Waals surface area contributed by atoms with Crippen molar-refractivity contribution >= 4 is 27.8 Å². The van der Waals surface area contributed by atoms with Gasteiger partial charge in [0.05, 0.1) is 0 Å². The minimum absolute atomic E-state index is 0.0139. The molecule has 1 atom stereocenters. The Balaban J connectivity index is 1.73. The fraction of sp³-hybridized carbons (Fsp3) is 0.222. The number of rotatable bonds is 7. The first-order chi connectivity index (χ1) is 12.0. The maximum atomic E-state index is 13.4. The van der Waals surface area contributed by atoms with E-state index in [2.05, 4.69) is 21.2 Å². The molecule has 7 heteroatoms. The second-order valence-corrected chi connectivity index (χ2v) is 6.06. The van der Waals surface area contributed by atoms with Gasteiger partial charge in [0.1, 0.15) is 19.3 Å². The van der Waals surface area contributed by atoms with Crippen LogP contribution in [0.3, 0.4) is 0 Å². The Labute approximate surface area is 153 Å². The van der Waals surface area contributed by atoms with E-state index in [4.69, 9.17) is 9.47 Å². The standard InChI is InChI=1S/C18H17BrFNO4/c1-12(21-17(22)13-6-8-14(19)9-7-13)18(23)25-11-10-24-16-5-3-2-4-15(16)20/h2-9,12H,10-11H2,1H3,(H,21,22)/t12-/m0/s1. The van der Waals surface area contributed by atoms with Crippen LogP contribution in [0.2, 0.25) is 0 Å². The van der Waals surface area contributed by atoms with Crippen LogP contribution in [0.25, 0.3) is 0 Å². The van der Waals surface area contributed by atoms with E-state index in [1.807, 2.05) is 0 Å². The monoisotopic (exact) mass is 409 g/mol. The summed E-state index contributed by atoms with van der Waals surface area (Å²) in [6.45, 7) is 1.49. The van der Waals surface area contributed by atoms with E-state index in [9.17, 15) is 14.0 Å². The van der Waals surface area contributed by atoms with Crippen LogP contribution in [-0.2, 0) is 9.53 Å². The highest BCUT2D eigenvalue weighted by Gasteiger charge is 2.18. The molecule has 1 amide bonds. The Morgan fingerprint density at radius 2 is 1.80 bits per heavy atom. The number of benzene rings is 2. The number of hydrogen-bond acceptors (Lipinski definition) is 4. The first-order valence-electron chi connectivity index (χ1n) is 7.58. The van der Waals surface area contributed by atoms with Gasteiger partial charge < -0.3 is 14.8 Å². The third-order valence-electron chi connectivity index (χ3n) is 3.23. The summed E-state index contributed by atoms with van der Waals surface area (Å²) in [7, 11) is 0. The van der Waals surface area contributed by atoms with Crippen LogP contribution < -0.4 is 10.1 Å². The lowest BCUT2D eigenvalue weighted by molar-refractivity contribution is -0.146. The molecule has 132 valence electrons. The Hall–Kier alpha value is -2.41. The van der Waals surface area contributed by atoms with Crippen LogP contribution in [0.5, 0.6) is 5.75 Å². The normalized spacial score (nSPS) is 11.5. The summed E-state index contributed by atoms with van der Waals surface area (Å²) in [5.74, 6) is -1.36. The average Bonchev–Trinajstić information content (AvgIpc) is 2.60. The van der Waals surface area contributed by atoms with Crippen LogP contribution in [0.4, 0.5) is 4.39 Å². The van der Waals surface area contributed by atoms with Crippen molar-refractivity contribution < 1.29 is 23.5 Å². The van der Waals surface area contributed by atoms with Gasteiger partial charge in [-0.2, -0.15) is 0 Å². The van der Waals surface area contributed by atoms with Gasteiger partial charge in [0.25, 0.3) is 5.91 Å². The minimum Gasteiger partial charge on any atom is -0.487 e. The number of nitrogens with one attached hydrogen (secondary N) is 1. The molecule has 0 heterocycles. The van der Waals surface area contributed by atoms with Crippen molar-refractivity contribution in [3.63, 3.8) is 0 Å². The van der Waals surface area contributed by atoms with Gasteiger partial charge in [-0.3, -0.25) is 4.79 Å². The SMILES string of the molecule is C[C@H](NC(=O)c1ccc(Br)cc1)C(=O)OCCOc1ccccc1F. The highest BCUT2D eigenvalue weighted by molar-refractivity contribution is 9.10. The van der Waals surface area contributed by atoms with Gasteiger partial charge in [0.2, 0.25) is 0 Å². The van der Waals surface area contributed by atoms with Crippen molar-refractivity contribution in [2.24, 2.45) is 0 Å². The van der Waals surface area contributed by atoms with Crippen LogP contribution in [0.1, 0.15) is 17.3 Å². The second kappa shape index (κ2) is 9.17. The zero-order valence-corrected chi connectivity index (χ0v) is 15.1. The molecule has 0 aliphatic heterocycles. The number of esters is 1. The predicted molar refractivity (Wildman–Crippen MR) is 93.9 cm³/mol. The zero-order chi connectivity index (χ0) is 18.2. The second-order valence-electron chi connectivity index (χ2n) is 5.15. The van der Waals surface area contributed by atoms with E-state index in [-0.39, 0.29) is 24.9 Å². The fourth-order valence-corrected chi connectivity index (χ4v) is 2.19. The fourth-order valence-electron chi connectivity index (χ4n) is 1.92. The van der Waals surface area contributed by atoms with Crippen molar-refractivity contribution in [2.45, 2.75) is 13.0 Å². The maximum Gasteiger partial charge on any atom is 0.328 e. The van der Waals surface area contributed by atoms with E-state index in [1.165, 1.54) is 19.1 Å². The van der Waals surface area contributed by atoms with Gasteiger partial charge in [0.15, 0.2) is 11.6 Å². The summed E-state index contributed by atoms with van der Waals surface area (Å²) in [4.78, 5) is 23.9. The van der Waals surface area contributed by atoms with E-state index in [0.29, 0.717) is 5.56 Å². The summed E-state index contributed by atoms with van der Waals surface area (Å²) in [5, 5.41) is 2.55. The van der Waals surface area contributed by atoms with E-state index in [1.54, 1.807) is 36.4 Å². The number of para-hydroxylation sites is 1. The van der Waals surface area contributed by atoms with Gasteiger partial charge in [-0.1, -0.05) is 28.1 Å². The summed E-state index contributed by atoms with van der Waals surface area (Å²) in [6.07, 6.45) is 0. The van der Waals surface area contributed by atoms with Crippen LogP contribution in [0, 0.1) is 5.82 Å². The summed E-state index contributed by atoms with van der Waals surface area (Å²) in [5.41, 5.74) is 0.436. The smallest absolute Gasteiger partial charge is 0.328 e. The molecule has 0 aromatic heterocycles. The van der Waals surface area contributed by atoms with Crippen molar-refractivity contribution in [1.82, 2.24) is 5.32 Å². The molecule has 0 bridgehead atoms. The number of ether oxygens (including phenoxy) is 2. The molecule has 0 aliphatic rings. The third kappa shape index (κ3) is 5.86. The lowest BCUT2D eigenvalue weighted by Crippen LogP contribution is -2.40. The number of carbonyl (C=O) groups is 2. The largest absolute Gasteiger partial charge is 0.487 e. The Morgan fingerprint density at radius 1 is 1.12 bits per heavy atom. The molecule has 0 saturated carbocycles. The quantitative estimate of drug-likeness (QED) is 0.562. The van der Waals surface area contributed by atoms with Gasteiger partial charge in [-0.05, 0) is 43.3 Å². The van der Waals surface area contributed by atoms with E-state index < -0.39 is 17.8 Å². The molecule has 2 aromatic rings. The molecule has 25 heavy (non-hydrogen) atoms. The molecule has 0 unspecified atom stereocenters. The minimum atomic E-state index is -0.815. The molecule has 0 saturated heterocycles. The average molecular weight is 410 g/mol. The topological polar surface area (TPSA) is 64.6 Å². The lowest BCUT2D eigenvalue weighted by atomic mass is 10.2. The molecular weight excluding hydrogens is 393 g/mol. The molecule has 2 aromatic carbocycles. The van der Waals surface area contributed by atoms with Crippen molar-refractivity contribution in [2.75, 3.05) is 13.2 Å². The number of halogens is 2. The molecular formula is C18H17BrFNO4. The van der Waals surface area contributed by atoms with Crippen LogP contribution in [-0.4, -0.2) is 31.1 Å². The molecule has 1 N–H and O–H groups in total. The maximum absolute atomic E-state index is 13.4. The zero-order valence-electron chi connectivity index (χ0n) is 13.5. The molecule has 0 radical (unpaired) electrons. The van der Waals surface area contributed by atoms with Crippen molar-refractivity contribution in [3.8, 4) is 5.75 Å². The van der Waals surface area contributed by atoms with Gasteiger partial charge in [-0.25, -0.2) is 9.18 Å². The molecule has 0 aliphatic carbocycles. The van der Waals surface area contributed by atoms with Gasteiger partial charge in [0, 0.05) is 10.0 Å². The van der Waals surface area contributed by atoms with Crippen LogP contribution in [0.15, 0.2) is 53.0 Å². The van der Waals surface area contributed by atoms with E-state index >= 15 is 0 Å². The number of carbonyl (C=O) groups excluding carboxylic acids is 2. The lowest BCUT2D eigenvalue weighted by Gasteiger charge is -2.14. The first-order valence-corrected chi connectivity index (χ1v) is 8.37. The molecule has 5 nitrogen and oxygen atoms in total. The van der Waals surface area contributed by atoms with Crippen LogP contribution >= 0.6 is 15.9 Å². The Morgan fingerprint density at radius 3 is 2.48 bits per heavy atom. The van der Waals surface area contributed by atoms with Crippen molar-refractivity contribution in [1.29, 1.82) is 0 Å². The Bertz CT molecular complexity index is 736. The highest BCUT2D eigenvalue weighted by atomic mass is 79.9. The van der Waals surface area contributed by atoms with Gasteiger partial charge >= 0.3 is 5.97 Å². The predicted octanol–water partition coefficient (Wildman–Crippen LogP) is 3.33. The Kier molecular flexibility index (Phi) is 6.94. The molecule has 0 fully saturated rings.